The van der Waals surface area contributed by atoms with Crippen LogP contribution < -0.4 is 10.6 Å². The van der Waals surface area contributed by atoms with E-state index in [1.807, 2.05) is 18.2 Å². The molecule has 17 heavy (non-hydrogen) atoms. The van der Waals surface area contributed by atoms with Gasteiger partial charge in [-0.1, -0.05) is 30.3 Å². The fourth-order valence-corrected chi connectivity index (χ4v) is 1.95. The normalized spacial score (nSPS) is 10.3. The summed E-state index contributed by atoms with van der Waals surface area (Å²) in [5, 5.41) is 0. The molecule has 0 unspecified atom stereocenters. The Balaban J connectivity index is 2.43. The first kappa shape index (κ1) is 11.7. The van der Waals surface area contributed by atoms with E-state index < -0.39 is 0 Å². The van der Waals surface area contributed by atoms with Crippen molar-refractivity contribution < 1.29 is 0 Å². The molecular weight excluding hydrogens is 208 g/mol. The highest BCUT2D eigenvalue weighted by Gasteiger charge is 2.08. The number of aryl methyl sites for hydroxylation is 1. The molecule has 0 bridgehead atoms. The van der Waals surface area contributed by atoms with E-state index >= 15 is 0 Å². The van der Waals surface area contributed by atoms with Gasteiger partial charge in [0.2, 0.25) is 0 Å². The second-order valence-electron chi connectivity index (χ2n) is 4.23. The van der Waals surface area contributed by atoms with Gasteiger partial charge in [-0.3, -0.25) is 0 Å². The summed E-state index contributed by atoms with van der Waals surface area (Å²) in [6.45, 7) is 2.66. The van der Waals surface area contributed by atoms with Crippen LogP contribution in [0.2, 0.25) is 0 Å². The highest BCUT2D eigenvalue weighted by molar-refractivity contribution is 5.66. The van der Waals surface area contributed by atoms with Gasteiger partial charge in [0.15, 0.2) is 0 Å². The van der Waals surface area contributed by atoms with Crippen molar-refractivity contribution >= 4 is 11.4 Å². The lowest BCUT2D eigenvalue weighted by molar-refractivity contribution is 1.04. The molecular formula is C15H18N2. The average molecular weight is 226 g/mol. The molecule has 0 aliphatic heterocycles. The molecule has 2 N–H and O–H groups in total. The van der Waals surface area contributed by atoms with Crippen molar-refractivity contribution in [2.45, 2.75) is 13.5 Å². The van der Waals surface area contributed by atoms with Crippen LogP contribution in [0.1, 0.15) is 11.1 Å². The van der Waals surface area contributed by atoms with Gasteiger partial charge in [0, 0.05) is 25.0 Å². The molecule has 0 saturated carbocycles. The molecule has 0 heterocycles. The summed E-state index contributed by atoms with van der Waals surface area (Å²) in [7, 11) is 2.07. The van der Waals surface area contributed by atoms with Crippen molar-refractivity contribution in [1.29, 1.82) is 0 Å². The zero-order chi connectivity index (χ0) is 12.3. The van der Waals surface area contributed by atoms with Crippen LogP contribution in [-0.2, 0) is 6.54 Å². The first-order valence-electron chi connectivity index (χ1n) is 5.80. The molecule has 2 rings (SSSR count). The minimum atomic E-state index is 0.562. The molecule has 0 aliphatic rings. The molecule has 2 heteroatoms. The second kappa shape index (κ2) is 5.02. The SMILES string of the molecule is Cc1ccc(CN)c(N(C)c2ccccc2)c1. The smallest absolute Gasteiger partial charge is 0.0456 e. The molecule has 0 saturated heterocycles. The van der Waals surface area contributed by atoms with Crippen molar-refractivity contribution in [2.24, 2.45) is 5.73 Å². The second-order valence-corrected chi connectivity index (χ2v) is 4.23. The van der Waals surface area contributed by atoms with Crippen molar-refractivity contribution in [3.8, 4) is 0 Å². The van der Waals surface area contributed by atoms with Crippen molar-refractivity contribution in [1.82, 2.24) is 0 Å². The quantitative estimate of drug-likeness (QED) is 0.870. The minimum absolute atomic E-state index is 0.562. The predicted molar refractivity (Wildman–Crippen MR) is 73.6 cm³/mol. The van der Waals surface area contributed by atoms with Gasteiger partial charge >= 0.3 is 0 Å². The average Bonchev–Trinajstić information content (AvgIpc) is 2.39. The Labute approximate surface area is 103 Å². The number of hydrogen-bond acceptors (Lipinski definition) is 2. The number of para-hydroxylation sites is 1. The Kier molecular flexibility index (Phi) is 3.45. The molecule has 0 radical (unpaired) electrons. The van der Waals surface area contributed by atoms with Crippen molar-refractivity contribution in [3.05, 3.63) is 59.7 Å². The van der Waals surface area contributed by atoms with Gasteiger partial charge in [-0.2, -0.15) is 0 Å². The topological polar surface area (TPSA) is 29.3 Å². The Morgan fingerprint density at radius 1 is 1.06 bits per heavy atom. The number of nitrogens with zero attached hydrogens (tertiary/aromatic N) is 1. The molecule has 2 nitrogen and oxygen atoms in total. The first-order valence-corrected chi connectivity index (χ1v) is 5.80. The molecule has 0 amide bonds. The van der Waals surface area contributed by atoms with Crippen LogP contribution in [0.3, 0.4) is 0 Å². The summed E-state index contributed by atoms with van der Waals surface area (Å²) in [5.74, 6) is 0. The Morgan fingerprint density at radius 3 is 2.41 bits per heavy atom. The van der Waals surface area contributed by atoms with Crippen LogP contribution in [0.15, 0.2) is 48.5 Å². The third-order valence-corrected chi connectivity index (χ3v) is 2.97. The molecule has 0 aromatic heterocycles. The maximum absolute atomic E-state index is 5.79. The summed E-state index contributed by atoms with van der Waals surface area (Å²) < 4.78 is 0. The molecule has 0 aliphatic carbocycles. The highest BCUT2D eigenvalue weighted by atomic mass is 15.1. The lowest BCUT2D eigenvalue weighted by Gasteiger charge is -2.22. The highest BCUT2D eigenvalue weighted by Crippen LogP contribution is 2.27. The predicted octanol–water partition coefficient (Wildman–Crippen LogP) is 3.22. The summed E-state index contributed by atoms with van der Waals surface area (Å²) in [6.07, 6.45) is 0. The summed E-state index contributed by atoms with van der Waals surface area (Å²) in [4.78, 5) is 2.18. The van der Waals surface area contributed by atoms with E-state index in [0.29, 0.717) is 6.54 Å². The van der Waals surface area contributed by atoms with Gasteiger partial charge in [-0.15, -0.1) is 0 Å². The maximum Gasteiger partial charge on any atom is 0.0456 e. The van der Waals surface area contributed by atoms with Crippen LogP contribution in [0, 0.1) is 6.92 Å². The number of nitrogens with two attached hydrogens (primary N) is 1. The maximum atomic E-state index is 5.79. The molecule has 2 aromatic rings. The van der Waals surface area contributed by atoms with Crippen LogP contribution >= 0.6 is 0 Å². The first-order chi connectivity index (χ1) is 8.22. The monoisotopic (exact) mass is 226 g/mol. The molecule has 0 fully saturated rings. The van der Waals surface area contributed by atoms with Gasteiger partial charge < -0.3 is 10.6 Å². The van der Waals surface area contributed by atoms with E-state index in [1.54, 1.807) is 0 Å². The largest absolute Gasteiger partial charge is 0.344 e. The van der Waals surface area contributed by atoms with E-state index in [2.05, 4.69) is 49.2 Å². The lowest BCUT2D eigenvalue weighted by Crippen LogP contribution is -2.13. The third kappa shape index (κ3) is 2.48. The van der Waals surface area contributed by atoms with Gasteiger partial charge in [-0.25, -0.2) is 0 Å². The standard InChI is InChI=1S/C15H18N2/c1-12-8-9-13(11-16)15(10-12)17(2)14-6-4-3-5-7-14/h3-10H,11,16H2,1-2H3. The Hall–Kier alpha value is -1.80. The van der Waals surface area contributed by atoms with Crippen LogP contribution in [-0.4, -0.2) is 7.05 Å². The fraction of sp³-hybridized carbons (Fsp3) is 0.200. The van der Waals surface area contributed by atoms with E-state index in [9.17, 15) is 0 Å². The Bertz CT molecular complexity index is 492. The van der Waals surface area contributed by atoms with E-state index in [4.69, 9.17) is 5.73 Å². The van der Waals surface area contributed by atoms with Crippen LogP contribution in [0.5, 0.6) is 0 Å². The van der Waals surface area contributed by atoms with Gasteiger partial charge in [0.25, 0.3) is 0 Å². The Morgan fingerprint density at radius 2 is 1.76 bits per heavy atom. The summed E-state index contributed by atoms with van der Waals surface area (Å²) in [5.41, 5.74) is 10.6. The van der Waals surface area contributed by atoms with Gasteiger partial charge in [0.05, 0.1) is 0 Å². The fourth-order valence-electron chi connectivity index (χ4n) is 1.95. The molecule has 2 aromatic carbocycles. The molecule has 0 spiro atoms. The third-order valence-electron chi connectivity index (χ3n) is 2.97. The summed E-state index contributed by atoms with van der Waals surface area (Å²) in [6, 6.07) is 16.7. The van der Waals surface area contributed by atoms with Gasteiger partial charge in [0.1, 0.15) is 0 Å². The van der Waals surface area contributed by atoms with Gasteiger partial charge in [-0.05, 0) is 36.2 Å². The minimum Gasteiger partial charge on any atom is -0.344 e. The molecule has 0 atom stereocenters. The number of anilines is 2. The summed E-state index contributed by atoms with van der Waals surface area (Å²) >= 11 is 0. The molecule has 88 valence electrons. The van der Waals surface area contributed by atoms with Crippen molar-refractivity contribution in [3.63, 3.8) is 0 Å². The van der Waals surface area contributed by atoms with E-state index in [1.165, 1.54) is 22.5 Å². The van der Waals surface area contributed by atoms with E-state index in [-0.39, 0.29) is 0 Å². The zero-order valence-corrected chi connectivity index (χ0v) is 10.4. The number of hydrogen-bond donors (Lipinski definition) is 1. The number of rotatable bonds is 3. The lowest BCUT2D eigenvalue weighted by atomic mass is 10.1. The number of benzene rings is 2. The zero-order valence-electron chi connectivity index (χ0n) is 10.4. The van der Waals surface area contributed by atoms with E-state index in [0.717, 1.165) is 0 Å². The van der Waals surface area contributed by atoms with Crippen LogP contribution in [0.4, 0.5) is 11.4 Å². The van der Waals surface area contributed by atoms with Crippen LogP contribution in [0.25, 0.3) is 0 Å². The van der Waals surface area contributed by atoms with Crippen molar-refractivity contribution in [2.75, 3.05) is 11.9 Å².